The first kappa shape index (κ1) is 14.3. The molecule has 0 saturated carbocycles. The van der Waals surface area contributed by atoms with Crippen molar-refractivity contribution in [3.8, 4) is 5.75 Å². The molecular formula is C15H25N3O. The van der Waals surface area contributed by atoms with Gasteiger partial charge in [0.2, 0.25) is 0 Å². The molecule has 0 aromatic heterocycles. The van der Waals surface area contributed by atoms with E-state index < -0.39 is 0 Å². The van der Waals surface area contributed by atoms with Gasteiger partial charge in [-0.2, -0.15) is 0 Å². The zero-order valence-electron chi connectivity index (χ0n) is 12.4. The standard InChI is InChI=1S/C15H25N3O/c1-11-9-12(5-6-14(11)19-4)15(16-2)13-10-18(3)8-7-17-13/h5-6,9,13,15-17H,7-8,10H2,1-4H3. The Morgan fingerprint density at radius 2 is 2.26 bits per heavy atom. The summed E-state index contributed by atoms with van der Waals surface area (Å²) in [6, 6.07) is 7.20. The summed E-state index contributed by atoms with van der Waals surface area (Å²) in [7, 11) is 5.93. The minimum Gasteiger partial charge on any atom is -0.496 e. The van der Waals surface area contributed by atoms with Gasteiger partial charge in [0.15, 0.2) is 0 Å². The smallest absolute Gasteiger partial charge is 0.121 e. The van der Waals surface area contributed by atoms with Crippen molar-refractivity contribution in [1.29, 1.82) is 0 Å². The number of benzene rings is 1. The number of methoxy groups -OCH3 is 1. The van der Waals surface area contributed by atoms with Gasteiger partial charge in [0, 0.05) is 31.7 Å². The highest BCUT2D eigenvalue weighted by Crippen LogP contribution is 2.25. The SMILES string of the molecule is CNC(c1ccc(OC)c(C)c1)C1CN(C)CCN1. The Balaban J connectivity index is 2.19. The van der Waals surface area contributed by atoms with Gasteiger partial charge in [-0.05, 0) is 38.2 Å². The van der Waals surface area contributed by atoms with Gasteiger partial charge in [0.1, 0.15) is 5.75 Å². The van der Waals surface area contributed by atoms with Crippen LogP contribution in [-0.2, 0) is 0 Å². The largest absolute Gasteiger partial charge is 0.496 e. The summed E-state index contributed by atoms with van der Waals surface area (Å²) in [6.07, 6.45) is 0. The van der Waals surface area contributed by atoms with E-state index in [1.54, 1.807) is 7.11 Å². The highest BCUT2D eigenvalue weighted by Gasteiger charge is 2.25. The van der Waals surface area contributed by atoms with E-state index in [1.165, 1.54) is 11.1 Å². The van der Waals surface area contributed by atoms with E-state index in [9.17, 15) is 0 Å². The number of nitrogens with zero attached hydrogens (tertiary/aromatic N) is 1. The van der Waals surface area contributed by atoms with Crippen molar-refractivity contribution in [2.75, 3.05) is 40.8 Å². The second-order valence-electron chi connectivity index (χ2n) is 5.32. The second-order valence-corrected chi connectivity index (χ2v) is 5.32. The molecular weight excluding hydrogens is 238 g/mol. The predicted octanol–water partition coefficient (Wildman–Crippen LogP) is 1.17. The maximum Gasteiger partial charge on any atom is 0.121 e. The molecule has 1 heterocycles. The van der Waals surface area contributed by atoms with E-state index in [0.29, 0.717) is 12.1 Å². The first-order valence-electron chi connectivity index (χ1n) is 6.89. The molecule has 1 aliphatic rings. The number of hydrogen-bond donors (Lipinski definition) is 2. The number of rotatable bonds is 4. The van der Waals surface area contributed by atoms with Gasteiger partial charge in [0.05, 0.1) is 7.11 Å². The summed E-state index contributed by atoms with van der Waals surface area (Å²) >= 11 is 0. The van der Waals surface area contributed by atoms with Crippen LogP contribution in [0.4, 0.5) is 0 Å². The highest BCUT2D eigenvalue weighted by molar-refractivity contribution is 5.38. The van der Waals surface area contributed by atoms with Gasteiger partial charge in [-0.3, -0.25) is 0 Å². The minimum absolute atomic E-state index is 0.326. The predicted molar refractivity (Wildman–Crippen MR) is 78.8 cm³/mol. The van der Waals surface area contributed by atoms with E-state index >= 15 is 0 Å². The maximum absolute atomic E-state index is 5.33. The molecule has 2 atom stereocenters. The lowest BCUT2D eigenvalue weighted by Crippen LogP contribution is -2.54. The Kier molecular flexibility index (Phi) is 4.80. The Bertz CT molecular complexity index is 422. The van der Waals surface area contributed by atoms with Crippen LogP contribution in [0.1, 0.15) is 17.2 Å². The molecule has 2 N–H and O–H groups in total. The molecule has 1 aromatic carbocycles. The summed E-state index contributed by atoms with van der Waals surface area (Å²) < 4.78 is 5.33. The monoisotopic (exact) mass is 263 g/mol. The van der Waals surface area contributed by atoms with Crippen LogP contribution in [-0.4, -0.2) is 51.8 Å². The van der Waals surface area contributed by atoms with Crippen molar-refractivity contribution in [2.45, 2.75) is 19.0 Å². The average Bonchev–Trinajstić information content (AvgIpc) is 2.40. The van der Waals surface area contributed by atoms with Gasteiger partial charge < -0.3 is 20.3 Å². The molecule has 1 aromatic rings. The molecule has 1 aliphatic heterocycles. The van der Waals surface area contributed by atoms with Crippen molar-refractivity contribution in [3.63, 3.8) is 0 Å². The van der Waals surface area contributed by atoms with E-state index in [-0.39, 0.29) is 0 Å². The summed E-state index contributed by atoms with van der Waals surface area (Å²) in [5.41, 5.74) is 2.50. The topological polar surface area (TPSA) is 36.5 Å². The third kappa shape index (κ3) is 3.26. The van der Waals surface area contributed by atoms with E-state index in [1.807, 2.05) is 7.05 Å². The minimum atomic E-state index is 0.326. The van der Waals surface area contributed by atoms with Crippen LogP contribution >= 0.6 is 0 Å². The van der Waals surface area contributed by atoms with Crippen molar-refractivity contribution in [2.24, 2.45) is 0 Å². The third-order valence-corrected chi connectivity index (χ3v) is 3.90. The Morgan fingerprint density at radius 1 is 1.47 bits per heavy atom. The Hall–Kier alpha value is -1.10. The van der Waals surface area contributed by atoms with Crippen LogP contribution in [0.25, 0.3) is 0 Å². The molecule has 0 radical (unpaired) electrons. The summed E-state index contributed by atoms with van der Waals surface area (Å²) in [5, 5.41) is 7.05. The second kappa shape index (κ2) is 6.37. The van der Waals surface area contributed by atoms with Gasteiger partial charge >= 0.3 is 0 Å². The molecule has 106 valence electrons. The Morgan fingerprint density at radius 3 is 2.84 bits per heavy atom. The molecule has 1 saturated heterocycles. The lowest BCUT2D eigenvalue weighted by atomic mass is 9.96. The van der Waals surface area contributed by atoms with Gasteiger partial charge in [0.25, 0.3) is 0 Å². The van der Waals surface area contributed by atoms with Crippen molar-refractivity contribution in [1.82, 2.24) is 15.5 Å². The van der Waals surface area contributed by atoms with Crippen LogP contribution in [0.3, 0.4) is 0 Å². The third-order valence-electron chi connectivity index (χ3n) is 3.90. The van der Waals surface area contributed by atoms with Crippen molar-refractivity contribution >= 4 is 0 Å². The van der Waals surface area contributed by atoms with Crippen LogP contribution < -0.4 is 15.4 Å². The highest BCUT2D eigenvalue weighted by atomic mass is 16.5. The summed E-state index contributed by atoms with van der Waals surface area (Å²) in [5.74, 6) is 0.951. The number of piperazine rings is 1. The molecule has 2 unspecified atom stereocenters. The van der Waals surface area contributed by atoms with E-state index in [0.717, 1.165) is 25.4 Å². The fourth-order valence-electron chi connectivity index (χ4n) is 2.85. The molecule has 19 heavy (non-hydrogen) atoms. The molecule has 0 bridgehead atoms. The maximum atomic E-state index is 5.33. The van der Waals surface area contributed by atoms with E-state index in [2.05, 4.69) is 47.7 Å². The van der Waals surface area contributed by atoms with Crippen LogP contribution in [0, 0.1) is 6.92 Å². The van der Waals surface area contributed by atoms with Crippen LogP contribution in [0.5, 0.6) is 5.75 Å². The van der Waals surface area contributed by atoms with Gasteiger partial charge in [-0.1, -0.05) is 12.1 Å². The molecule has 1 fully saturated rings. The molecule has 4 heteroatoms. The lowest BCUT2D eigenvalue weighted by Gasteiger charge is -2.36. The number of nitrogens with one attached hydrogen (secondary N) is 2. The summed E-state index contributed by atoms with van der Waals surface area (Å²) in [4.78, 5) is 2.38. The van der Waals surface area contributed by atoms with Crippen molar-refractivity contribution in [3.05, 3.63) is 29.3 Å². The first-order chi connectivity index (χ1) is 9.15. The number of aryl methyl sites for hydroxylation is 1. The number of likely N-dealkylation sites (N-methyl/N-ethyl adjacent to an activating group) is 2. The lowest BCUT2D eigenvalue weighted by molar-refractivity contribution is 0.210. The molecule has 4 nitrogen and oxygen atoms in total. The first-order valence-corrected chi connectivity index (χ1v) is 6.89. The average molecular weight is 263 g/mol. The fraction of sp³-hybridized carbons (Fsp3) is 0.600. The number of hydrogen-bond acceptors (Lipinski definition) is 4. The Labute approximate surface area is 116 Å². The number of ether oxygens (including phenoxy) is 1. The van der Waals surface area contributed by atoms with Crippen LogP contribution in [0.2, 0.25) is 0 Å². The van der Waals surface area contributed by atoms with Crippen molar-refractivity contribution < 1.29 is 4.74 Å². The quantitative estimate of drug-likeness (QED) is 0.855. The molecule has 0 amide bonds. The molecule has 0 spiro atoms. The molecule has 0 aliphatic carbocycles. The zero-order chi connectivity index (χ0) is 13.8. The van der Waals surface area contributed by atoms with Gasteiger partial charge in [-0.15, -0.1) is 0 Å². The summed E-state index contributed by atoms with van der Waals surface area (Å²) in [6.45, 7) is 5.33. The van der Waals surface area contributed by atoms with Gasteiger partial charge in [-0.25, -0.2) is 0 Å². The van der Waals surface area contributed by atoms with Crippen LogP contribution in [0.15, 0.2) is 18.2 Å². The van der Waals surface area contributed by atoms with E-state index in [4.69, 9.17) is 4.74 Å². The zero-order valence-corrected chi connectivity index (χ0v) is 12.4. The fourth-order valence-corrected chi connectivity index (χ4v) is 2.85. The molecule has 2 rings (SSSR count). The normalized spacial score (nSPS) is 22.2.